The Morgan fingerprint density at radius 1 is 1.00 bits per heavy atom. The van der Waals surface area contributed by atoms with E-state index in [-0.39, 0.29) is 0 Å². The standard InChI is InChI=1S/C12H27NO/c1-11(2)12(3)14-10-8-6-5-7-9-13-4/h11-13H,5-10H2,1-4H3. The summed E-state index contributed by atoms with van der Waals surface area (Å²) in [5.41, 5.74) is 0. The summed E-state index contributed by atoms with van der Waals surface area (Å²) in [6, 6.07) is 0. The Morgan fingerprint density at radius 3 is 2.21 bits per heavy atom. The first-order valence-corrected chi connectivity index (χ1v) is 5.94. The van der Waals surface area contributed by atoms with Gasteiger partial charge < -0.3 is 10.1 Å². The molecule has 0 rings (SSSR count). The molecule has 0 spiro atoms. The molecule has 14 heavy (non-hydrogen) atoms. The van der Waals surface area contributed by atoms with Crippen molar-refractivity contribution in [1.29, 1.82) is 0 Å². The molecular weight excluding hydrogens is 174 g/mol. The summed E-state index contributed by atoms with van der Waals surface area (Å²) < 4.78 is 5.69. The number of rotatable bonds is 9. The topological polar surface area (TPSA) is 21.3 Å². The Labute approximate surface area is 89.4 Å². The van der Waals surface area contributed by atoms with Crippen molar-refractivity contribution < 1.29 is 4.74 Å². The summed E-state index contributed by atoms with van der Waals surface area (Å²) in [7, 11) is 2.01. The average Bonchev–Trinajstić information content (AvgIpc) is 2.16. The smallest absolute Gasteiger partial charge is 0.0569 e. The summed E-state index contributed by atoms with van der Waals surface area (Å²) in [6.45, 7) is 8.64. The quantitative estimate of drug-likeness (QED) is 0.579. The zero-order chi connectivity index (χ0) is 10.8. The first kappa shape index (κ1) is 13.9. The predicted octanol–water partition coefficient (Wildman–Crippen LogP) is 2.83. The second kappa shape index (κ2) is 9.47. The summed E-state index contributed by atoms with van der Waals surface area (Å²) >= 11 is 0. The van der Waals surface area contributed by atoms with E-state index >= 15 is 0 Å². The molecule has 0 aromatic heterocycles. The van der Waals surface area contributed by atoms with Gasteiger partial charge in [-0.25, -0.2) is 0 Å². The SMILES string of the molecule is CNCCCCCCOC(C)C(C)C. The molecule has 0 aromatic rings. The Balaban J connectivity index is 3.06. The molecule has 2 heteroatoms. The maximum Gasteiger partial charge on any atom is 0.0569 e. The Kier molecular flexibility index (Phi) is 9.42. The van der Waals surface area contributed by atoms with Crippen molar-refractivity contribution in [1.82, 2.24) is 5.32 Å². The van der Waals surface area contributed by atoms with Crippen LogP contribution in [0.15, 0.2) is 0 Å². The first-order valence-electron chi connectivity index (χ1n) is 5.94. The fourth-order valence-corrected chi connectivity index (χ4v) is 1.22. The monoisotopic (exact) mass is 201 g/mol. The maximum absolute atomic E-state index is 5.69. The number of hydrogen-bond acceptors (Lipinski definition) is 2. The highest BCUT2D eigenvalue weighted by molar-refractivity contribution is 4.54. The van der Waals surface area contributed by atoms with Crippen LogP contribution in [0.1, 0.15) is 46.5 Å². The van der Waals surface area contributed by atoms with Gasteiger partial charge in [0.1, 0.15) is 0 Å². The zero-order valence-corrected chi connectivity index (χ0v) is 10.3. The molecule has 0 aromatic carbocycles. The van der Waals surface area contributed by atoms with E-state index in [1.165, 1.54) is 25.7 Å². The number of nitrogens with one attached hydrogen (secondary N) is 1. The minimum Gasteiger partial charge on any atom is -0.378 e. The average molecular weight is 201 g/mol. The molecule has 2 nitrogen and oxygen atoms in total. The third kappa shape index (κ3) is 8.52. The van der Waals surface area contributed by atoms with Crippen molar-refractivity contribution >= 4 is 0 Å². The van der Waals surface area contributed by atoms with Gasteiger partial charge in [-0.2, -0.15) is 0 Å². The molecule has 0 aliphatic rings. The fraction of sp³-hybridized carbons (Fsp3) is 1.00. The molecule has 0 heterocycles. The van der Waals surface area contributed by atoms with Crippen molar-refractivity contribution in [2.75, 3.05) is 20.2 Å². The van der Waals surface area contributed by atoms with Crippen molar-refractivity contribution in [3.8, 4) is 0 Å². The van der Waals surface area contributed by atoms with E-state index in [9.17, 15) is 0 Å². The van der Waals surface area contributed by atoms with Crippen LogP contribution in [0.4, 0.5) is 0 Å². The van der Waals surface area contributed by atoms with Crippen LogP contribution >= 0.6 is 0 Å². The number of hydrogen-bond donors (Lipinski definition) is 1. The third-order valence-electron chi connectivity index (χ3n) is 2.64. The molecule has 0 saturated heterocycles. The Bertz CT molecular complexity index is 115. The summed E-state index contributed by atoms with van der Waals surface area (Å²) in [5, 5.41) is 3.16. The van der Waals surface area contributed by atoms with E-state index in [0.29, 0.717) is 12.0 Å². The summed E-state index contributed by atoms with van der Waals surface area (Å²) in [4.78, 5) is 0. The lowest BCUT2D eigenvalue weighted by atomic mass is 10.1. The minimum absolute atomic E-state index is 0.410. The van der Waals surface area contributed by atoms with Crippen molar-refractivity contribution in [3.63, 3.8) is 0 Å². The second-order valence-corrected chi connectivity index (χ2v) is 4.34. The van der Waals surface area contributed by atoms with Gasteiger partial charge in [-0.05, 0) is 39.3 Å². The van der Waals surface area contributed by atoms with E-state index in [2.05, 4.69) is 26.1 Å². The van der Waals surface area contributed by atoms with Gasteiger partial charge in [-0.3, -0.25) is 0 Å². The highest BCUT2D eigenvalue weighted by Gasteiger charge is 2.05. The zero-order valence-electron chi connectivity index (χ0n) is 10.3. The van der Waals surface area contributed by atoms with Crippen molar-refractivity contribution in [2.24, 2.45) is 5.92 Å². The summed E-state index contributed by atoms with van der Waals surface area (Å²) in [5.74, 6) is 0.638. The third-order valence-corrected chi connectivity index (χ3v) is 2.64. The van der Waals surface area contributed by atoms with Crippen LogP contribution in [-0.2, 0) is 4.74 Å². The molecule has 0 radical (unpaired) electrons. The van der Waals surface area contributed by atoms with Crippen molar-refractivity contribution in [2.45, 2.75) is 52.6 Å². The molecule has 0 fully saturated rings. The fourth-order valence-electron chi connectivity index (χ4n) is 1.22. The number of ether oxygens (including phenoxy) is 1. The molecule has 86 valence electrons. The molecule has 1 atom stereocenters. The molecule has 0 amide bonds. The van der Waals surface area contributed by atoms with Crippen LogP contribution in [-0.4, -0.2) is 26.3 Å². The van der Waals surface area contributed by atoms with Gasteiger partial charge in [-0.1, -0.05) is 26.7 Å². The van der Waals surface area contributed by atoms with E-state index in [4.69, 9.17) is 4.74 Å². The van der Waals surface area contributed by atoms with Crippen LogP contribution in [0, 0.1) is 5.92 Å². The van der Waals surface area contributed by atoms with Crippen LogP contribution in [0.2, 0.25) is 0 Å². The lowest BCUT2D eigenvalue weighted by Crippen LogP contribution is -2.16. The molecular formula is C12H27NO. The van der Waals surface area contributed by atoms with Gasteiger partial charge in [0.05, 0.1) is 6.10 Å². The predicted molar refractivity (Wildman–Crippen MR) is 62.6 cm³/mol. The highest BCUT2D eigenvalue weighted by Crippen LogP contribution is 2.07. The molecule has 1 unspecified atom stereocenters. The van der Waals surface area contributed by atoms with Gasteiger partial charge in [0.25, 0.3) is 0 Å². The Hall–Kier alpha value is -0.0800. The van der Waals surface area contributed by atoms with E-state index in [1.54, 1.807) is 0 Å². The van der Waals surface area contributed by atoms with Gasteiger partial charge in [0.2, 0.25) is 0 Å². The van der Waals surface area contributed by atoms with Crippen LogP contribution in [0.3, 0.4) is 0 Å². The van der Waals surface area contributed by atoms with E-state index in [1.807, 2.05) is 7.05 Å². The largest absolute Gasteiger partial charge is 0.378 e. The van der Waals surface area contributed by atoms with Crippen LogP contribution < -0.4 is 5.32 Å². The van der Waals surface area contributed by atoms with Gasteiger partial charge in [-0.15, -0.1) is 0 Å². The van der Waals surface area contributed by atoms with Gasteiger partial charge in [0.15, 0.2) is 0 Å². The van der Waals surface area contributed by atoms with E-state index in [0.717, 1.165) is 13.2 Å². The van der Waals surface area contributed by atoms with Gasteiger partial charge >= 0.3 is 0 Å². The van der Waals surface area contributed by atoms with Crippen LogP contribution in [0.25, 0.3) is 0 Å². The van der Waals surface area contributed by atoms with Crippen LogP contribution in [0.5, 0.6) is 0 Å². The maximum atomic E-state index is 5.69. The molecule has 0 saturated carbocycles. The number of unbranched alkanes of at least 4 members (excludes halogenated alkanes) is 3. The molecule has 0 bridgehead atoms. The lowest BCUT2D eigenvalue weighted by molar-refractivity contribution is 0.0332. The highest BCUT2D eigenvalue weighted by atomic mass is 16.5. The molecule has 0 aliphatic carbocycles. The Morgan fingerprint density at radius 2 is 1.64 bits per heavy atom. The first-order chi connectivity index (χ1) is 6.68. The van der Waals surface area contributed by atoms with Gasteiger partial charge in [0, 0.05) is 6.61 Å². The molecule has 0 aliphatic heterocycles. The summed E-state index contributed by atoms with van der Waals surface area (Å²) in [6.07, 6.45) is 5.52. The second-order valence-electron chi connectivity index (χ2n) is 4.34. The van der Waals surface area contributed by atoms with Crippen molar-refractivity contribution in [3.05, 3.63) is 0 Å². The molecule has 1 N–H and O–H groups in total. The van der Waals surface area contributed by atoms with E-state index < -0.39 is 0 Å². The lowest BCUT2D eigenvalue weighted by Gasteiger charge is -2.16. The normalized spacial score (nSPS) is 13.5. The minimum atomic E-state index is 0.410.